The molecule has 1 saturated heterocycles. The van der Waals surface area contributed by atoms with Crippen molar-refractivity contribution in [1.29, 1.82) is 0 Å². The van der Waals surface area contributed by atoms with Crippen LogP contribution in [-0.4, -0.2) is 41.6 Å². The minimum absolute atomic E-state index is 0.109. The number of benzene rings is 1. The van der Waals surface area contributed by atoms with Crippen LogP contribution in [-0.2, 0) is 19.6 Å². The van der Waals surface area contributed by atoms with Gasteiger partial charge in [0.1, 0.15) is 0 Å². The summed E-state index contributed by atoms with van der Waals surface area (Å²) in [6, 6.07) is 4.86. The van der Waals surface area contributed by atoms with E-state index in [2.05, 4.69) is 4.72 Å². The molecule has 23 heavy (non-hydrogen) atoms. The van der Waals surface area contributed by atoms with Crippen LogP contribution in [0.1, 0.15) is 18.4 Å². The van der Waals surface area contributed by atoms with Crippen molar-refractivity contribution in [3.8, 4) is 0 Å². The third-order valence-electron chi connectivity index (χ3n) is 4.85. The van der Waals surface area contributed by atoms with Gasteiger partial charge < -0.3 is 9.64 Å². The first-order valence-electron chi connectivity index (χ1n) is 7.68. The molecule has 2 unspecified atom stereocenters. The Morgan fingerprint density at radius 1 is 1.39 bits per heavy atom. The maximum absolute atomic E-state index is 12.5. The number of hydrogen-bond acceptors (Lipinski definition) is 5. The molecule has 2 fully saturated rings. The maximum atomic E-state index is 12.5. The van der Waals surface area contributed by atoms with Crippen molar-refractivity contribution >= 4 is 21.6 Å². The molecule has 1 spiro atoms. The standard InChI is InChI=1S/C16H22N2O4S/c1-11-4-5-12(8-14(11)18(2)3)23(20,21)17-15(19)13-9-16(13)6-7-22-10-16/h4-5,8,13H,6-7,9-10H2,1-3H3,(H,17,19). The second kappa shape index (κ2) is 5.49. The fourth-order valence-corrected chi connectivity index (χ4v) is 4.32. The first-order chi connectivity index (χ1) is 10.8. The average molecular weight is 338 g/mol. The summed E-state index contributed by atoms with van der Waals surface area (Å²) >= 11 is 0. The van der Waals surface area contributed by atoms with Gasteiger partial charge in [-0.1, -0.05) is 6.07 Å². The van der Waals surface area contributed by atoms with E-state index >= 15 is 0 Å². The minimum Gasteiger partial charge on any atom is -0.381 e. The molecule has 0 aromatic heterocycles. The zero-order valence-corrected chi connectivity index (χ0v) is 14.4. The molecule has 126 valence electrons. The summed E-state index contributed by atoms with van der Waals surface area (Å²) in [6.07, 6.45) is 1.55. The van der Waals surface area contributed by atoms with Crippen molar-refractivity contribution in [2.45, 2.75) is 24.7 Å². The molecule has 1 aliphatic carbocycles. The normalized spacial score (nSPS) is 26.3. The molecule has 1 heterocycles. The molecule has 1 aliphatic heterocycles. The van der Waals surface area contributed by atoms with E-state index in [1.165, 1.54) is 6.07 Å². The van der Waals surface area contributed by atoms with Crippen LogP contribution in [0.3, 0.4) is 0 Å². The molecular formula is C16H22N2O4S. The van der Waals surface area contributed by atoms with Gasteiger partial charge in [0, 0.05) is 37.7 Å². The van der Waals surface area contributed by atoms with Crippen LogP contribution in [0.5, 0.6) is 0 Å². The number of ether oxygens (including phenoxy) is 1. The molecule has 0 bridgehead atoms. The number of carbonyl (C=O) groups excluding carboxylic acids is 1. The smallest absolute Gasteiger partial charge is 0.264 e. The van der Waals surface area contributed by atoms with Gasteiger partial charge in [0.2, 0.25) is 5.91 Å². The first-order valence-corrected chi connectivity index (χ1v) is 9.16. The molecule has 3 rings (SSSR count). The van der Waals surface area contributed by atoms with E-state index in [9.17, 15) is 13.2 Å². The number of carbonyl (C=O) groups is 1. The molecule has 0 radical (unpaired) electrons. The molecule has 1 N–H and O–H groups in total. The highest BCUT2D eigenvalue weighted by atomic mass is 32.2. The molecule has 1 aromatic rings. The summed E-state index contributed by atoms with van der Waals surface area (Å²) in [6.45, 7) is 3.12. The van der Waals surface area contributed by atoms with Crippen LogP contribution < -0.4 is 9.62 Å². The van der Waals surface area contributed by atoms with Crippen LogP contribution in [0.4, 0.5) is 5.69 Å². The number of hydrogen-bond donors (Lipinski definition) is 1. The van der Waals surface area contributed by atoms with E-state index in [1.807, 2.05) is 25.9 Å². The Labute approximate surface area is 136 Å². The Balaban J connectivity index is 1.77. The second-order valence-corrected chi connectivity index (χ2v) is 8.42. The number of nitrogens with one attached hydrogen (secondary N) is 1. The number of anilines is 1. The summed E-state index contributed by atoms with van der Waals surface area (Å²) in [7, 11) is -0.145. The lowest BCUT2D eigenvalue weighted by molar-refractivity contribution is -0.121. The van der Waals surface area contributed by atoms with Crippen molar-refractivity contribution in [2.24, 2.45) is 11.3 Å². The predicted molar refractivity (Wildman–Crippen MR) is 86.8 cm³/mol. The Bertz CT molecular complexity index is 736. The van der Waals surface area contributed by atoms with Gasteiger partial charge in [-0.15, -0.1) is 0 Å². The van der Waals surface area contributed by atoms with E-state index in [1.54, 1.807) is 12.1 Å². The lowest BCUT2D eigenvalue weighted by Crippen LogP contribution is -2.33. The molecule has 1 amide bonds. The monoisotopic (exact) mass is 338 g/mol. The summed E-state index contributed by atoms with van der Waals surface area (Å²) in [5.74, 6) is -0.666. The zero-order chi connectivity index (χ0) is 16.8. The summed E-state index contributed by atoms with van der Waals surface area (Å²) in [5, 5.41) is 0. The zero-order valence-electron chi connectivity index (χ0n) is 13.6. The van der Waals surface area contributed by atoms with Crippen molar-refractivity contribution in [3.05, 3.63) is 23.8 Å². The Hall–Kier alpha value is -1.60. The minimum atomic E-state index is -3.85. The topological polar surface area (TPSA) is 75.7 Å². The van der Waals surface area contributed by atoms with Crippen LogP contribution >= 0.6 is 0 Å². The van der Waals surface area contributed by atoms with Crippen LogP contribution in [0.25, 0.3) is 0 Å². The predicted octanol–water partition coefficient (Wildman–Crippen LogP) is 1.29. The lowest BCUT2D eigenvalue weighted by atomic mass is 10.0. The van der Waals surface area contributed by atoms with Gasteiger partial charge in [-0.05, 0) is 37.5 Å². The lowest BCUT2D eigenvalue weighted by Gasteiger charge is -2.17. The van der Waals surface area contributed by atoms with Crippen molar-refractivity contribution < 1.29 is 17.9 Å². The van der Waals surface area contributed by atoms with Gasteiger partial charge in [-0.3, -0.25) is 4.79 Å². The number of rotatable bonds is 4. The summed E-state index contributed by atoms with van der Waals surface area (Å²) < 4.78 is 32.5. The maximum Gasteiger partial charge on any atom is 0.264 e. The van der Waals surface area contributed by atoms with Crippen molar-refractivity contribution in [3.63, 3.8) is 0 Å². The van der Waals surface area contributed by atoms with Crippen LogP contribution in [0.2, 0.25) is 0 Å². The van der Waals surface area contributed by atoms with Crippen molar-refractivity contribution in [1.82, 2.24) is 4.72 Å². The first kappa shape index (κ1) is 16.3. The largest absolute Gasteiger partial charge is 0.381 e. The van der Waals surface area contributed by atoms with Gasteiger partial charge in [-0.25, -0.2) is 13.1 Å². The fraction of sp³-hybridized carbons (Fsp3) is 0.562. The van der Waals surface area contributed by atoms with E-state index in [0.29, 0.717) is 19.6 Å². The average Bonchev–Trinajstić information content (AvgIpc) is 2.96. The molecule has 7 heteroatoms. The highest BCUT2D eigenvalue weighted by molar-refractivity contribution is 7.90. The third kappa shape index (κ3) is 2.95. The van der Waals surface area contributed by atoms with E-state index in [4.69, 9.17) is 4.74 Å². The Morgan fingerprint density at radius 3 is 2.74 bits per heavy atom. The quantitative estimate of drug-likeness (QED) is 0.895. The molecular weight excluding hydrogens is 316 g/mol. The van der Waals surface area contributed by atoms with Gasteiger partial charge in [0.25, 0.3) is 10.0 Å². The van der Waals surface area contributed by atoms with Gasteiger partial charge >= 0.3 is 0 Å². The highest BCUT2D eigenvalue weighted by Gasteiger charge is 2.60. The SMILES string of the molecule is Cc1ccc(S(=O)(=O)NC(=O)C2CC23CCOC3)cc1N(C)C. The van der Waals surface area contributed by atoms with Crippen LogP contribution in [0.15, 0.2) is 23.1 Å². The number of aryl methyl sites for hydroxylation is 1. The molecule has 1 aromatic carbocycles. The van der Waals surface area contributed by atoms with E-state index in [-0.39, 0.29) is 16.2 Å². The number of sulfonamides is 1. The third-order valence-corrected chi connectivity index (χ3v) is 6.19. The van der Waals surface area contributed by atoms with Gasteiger partial charge in [-0.2, -0.15) is 0 Å². The van der Waals surface area contributed by atoms with Crippen LogP contribution in [0, 0.1) is 18.3 Å². The molecule has 1 saturated carbocycles. The fourth-order valence-electron chi connectivity index (χ4n) is 3.28. The van der Waals surface area contributed by atoms with Gasteiger partial charge in [0.15, 0.2) is 0 Å². The van der Waals surface area contributed by atoms with E-state index in [0.717, 1.165) is 17.7 Å². The van der Waals surface area contributed by atoms with E-state index < -0.39 is 15.9 Å². The molecule has 2 aliphatic rings. The summed E-state index contributed by atoms with van der Waals surface area (Å²) in [4.78, 5) is 14.2. The molecule has 2 atom stereocenters. The molecule has 6 nitrogen and oxygen atoms in total. The highest BCUT2D eigenvalue weighted by Crippen LogP contribution is 2.57. The number of nitrogens with zero attached hydrogens (tertiary/aromatic N) is 1. The van der Waals surface area contributed by atoms with Crippen molar-refractivity contribution in [2.75, 3.05) is 32.2 Å². The summed E-state index contributed by atoms with van der Waals surface area (Å²) in [5.41, 5.74) is 1.67. The number of amides is 1. The second-order valence-electron chi connectivity index (χ2n) is 6.73. The van der Waals surface area contributed by atoms with Gasteiger partial charge in [0.05, 0.1) is 11.5 Å². The Morgan fingerprint density at radius 2 is 2.13 bits per heavy atom. The Kier molecular flexibility index (Phi) is 3.88.